The predicted molar refractivity (Wildman–Crippen MR) is 56.8 cm³/mol. The molecule has 1 rings (SSSR count). The number of hydrogen-bond donors (Lipinski definition) is 0. The fourth-order valence-electron chi connectivity index (χ4n) is 1.57. The molecule has 0 amide bonds. The highest BCUT2D eigenvalue weighted by atomic mass is 35.5. The van der Waals surface area contributed by atoms with Crippen LogP contribution in [0.3, 0.4) is 0 Å². The van der Waals surface area contributed by atoms with Crippen molar-refractivity contribution in [2.45, 2.75) is 26.7 Å². The zero-order valence-electron chi connectivity index (χ0n) is 8.52. The van der Waals surface area contributed by atoms with Crippen LogP contribution in [0.15, 0.2) is 12.1 Å². The van der Waals surface area contributed by atoms with Crippen molar-refractivity contribution in [2.24, 2.45) is 0 Å². The second-order valence-electron chi connectivity index (χ2n) is 3.49. The van der Waals surface area contributed by atoms with Gasteiger partial charge in [-0.3, -0.25) is 0 Å². The summed E-state index contributed by atoms with van der Waals surface area (Å²) in [7, 11) is 1.65. The number of methoxy groups -OCH3 is 1. The van der Waals surface area contributed by atoms with Gasteiger partial charge in [0.05, 0.1) is 7.11 Å². The molecule has 0 atom stereocenters. The van der Waals surface area contributed by atoms with Crippen molar-refractivity contribution in [3.8, 4) is 5.75 Å². The first-order valence-corrected chi connectivity index (χ1v) is 4.78. The molecule has 0 heterocycles. The molecular weight excluding hydrogens is 184 g/mol. The third-order valence-electron chi connectivity index (χ3n) is 2.12. The van der Waals surface area contributed by atoms with E-state index >= 15 is 0 Å². The van der Waals surface area contributed by atoms with E-state index in [1.54, 1.807) is 7.11 Å². The van der Waals surface area contributed by atoms with Crippen molar-refractivity contribution in [2.75, 3.05) is 7.11 Å². The van der Waals surface area contributed by atoms with Crippen LogP contribution in [0.2, 0.25) is 5.02 Å². The van der Waals surface area contributed by atoms with E-state index in [0.717, 1.165) is 10.8 Å². The zero-order chi connectivity index (χ0) is 10.0. The van der Waals surface area contributed by atoms with Gasteiger partial charge in [-0.2, -0.15) is 0 Å². The van der Waals surface area contributed by atoms with Crippen LogP contribution >= 0.6 is 11.6 Å². The fraction of sp³-hybridized carbons (Fsp3) is 0.455. The minimum atomic E-state index is 0.457. The Hall–Kier alpha value is -0.690. The number of benzene rings is 1. The minimum Gasteiger partial charge on any atom is -0.497 e. The van der Waals surface area contributed by atoms with Crippen molar-refractivity contribution in [1.29, 1.82) is 0 Å². The third-order valence-corrected chi connectivity index (χ3v) is 2.44. The molecule has 0 aliphatic carbocycles. The van der Waals surface area contributed by atoms with Crippen LogP contribution < -0.4 is 4.74 Å². The van der Waals surface area contributed by atoms with Crippen LogP contribution in [0.4, 0.5) is 0 Å². The highest BCUT2D eigenvalue weighted by Crippen LogP contribution is 2.31. The van der Waals surface area contributed by atoms with Crippen molar-refractivity contribution < 1.29 is 4.74 Å². The summed E-state index contributed by atoms with van der Waals surface area (Å²) in [5, 5.41) is 0.798. The van der Waals surface area contributed by atoms with Gasteiger partial charge < -0.3 is 4.74 Å². The maximum atomic E-state index is 6.13. The van der Waals surface area contributed by atoms with Crippen LogP contribution in [-0.4, -0.2) is 7.11 Å². The predicted octanol–water partition coefficient (Wildman–Crippen LogP) is 3.78. The number of ether oxygens (including phenoxy) is 1. The number of hydrogen-bond acceptors (Lipinski definition) is 1. The molecule has 0 aliphatic rings. The van der Waals surface area contributed by atoms with E-state index in [1.807, 2.05) is 12.1 Å². The van der Waals surface area contributed by atoms with Gasteiger partial charge >= 0.3 is 0 Å². The van der Waals surface area contributed by atoms with Gasteiger partial charge in [-0.05, 0) is 36.1 Å². The molecule has 0 aliphatic heterocycles. The fourth-order valence-corrected chi connectivity index (χ4v) is 2.05. The Morgan fingerprint density at radius 1 is 1.31 bits per heavy atom. The molecule has 0 unspecified atom stereocenters. The first-order valence-electron chi connectivity index (χ1n) is 4.40. The highest BCUT2D eigenvalue weighted by Gasteiger charge is 2.09. The molecule has 13 heavy (non-hydrogen) atoms. The van der Waals surface area contributed by atoms with Crippen molar-refractivity contribution in [1.82, 2.24) is 0 Å². The molecule has 0 N–H and O–H groups in total. The Morgan fingerprint density at radius 2 is 1.92 bits per heavy atom. The van der Waals surface area contributed by atoms with Crippen LogP contribution in [0.5, 0.6) is 5.75 Å². The van der Waals surface area contributed by atoms with Gasteiger partial charge in [-0.25, -0.2) is 0 Å². The van der Waals surface area contributed by atoms with Gasteiger partial charge in [-0.1, -0.05) is 25.4 Å². The van der Waals surface area contributed by atoms with E-state index < -0.39 is 0 Å². The lowest BCUT2D eigenvalue weighted by Crippen LogP contribution is -1.95. The average Bonchev–Trinajstić information content (AvgIpc) is 2.02. The molecule has 0 bridgehead atoms. The van der Waals surface area contributed by atoms with Crippen LogP contribution in [0.25, 0.3) is 0 Å². The van der Waals surface area contributed by atoms with E-state index in [-0.39, 0.29) is 0 Å². The van der Waals surface area contributed by atoms with Gasteiger partial charge in [0.2, 0.25) is 0 Å². The number of rotatable bonds is 2. The minimum absolute atomic E-state index is 0.457. The van der Waals surface area contributed by atoms with Gasteiger partial charge in [0, 0.05) is 5.02 Å². The van der Waals surface area contributed by atoms with Crippen molar-refractivity contribution in [3.05, 3.63) is 28.3 Å². The van der Waals surface area contributed by atoms with Crippen molar-refractivity contribution >= 4 is 11.6 Å². The number of halogens is 1. The number of aryl methyl sites for hydroxylation is 1. The maximum absolute atomic E-state index is 6.13. The molecule has 0 saturated carbocycles. The Balaban J connectivity index is 3.23. The molecule has 1 aromatic carbocycles. The van der Waals surface area contributed by atoms with E-state index in [1.165, 1.54) is 11.1 Å². The molecule has 0 fully saturated rings. The van der Waals surface area contributed by atoms with E-state index in [9.17, 15) is 0 Å². The average molecular weight is 199 g/mol. The Kier molecular flexibility index (Phi) is 3.21. The smallest absolute Gasteiger partial charge is 0.120 e. The molecule has 2 heteroatoms. The largest absolute Gasteiger partial charge is 0.497 e. The monoisotopic (exact) mass is 198 g/mol. The van der Waals surface area contributed by atoms with Crippen LogP contribution in [0, 0.1) is 6.92 Å². The third kappa shape index (κ3) is 2.16. The lowest BCUT2D eigenvalue weighted by Gasteiger charge is -2.13. The summed E-state index contributed by atoms with van der Waals surface area (Å²) in [5.74, 6) is 1.28. The van der Waals surface area contributed by atoms with Gasteiger partial charge in [0.1, 0.15) is 5.75 Å². The molecule has 1 aromatic rings. The molecule has 0 spiro atoms. The maximum Gasteiger partial charge on any atom is 0.120 e. The van der Waals surface area contributed by atoms with Crippen LogP contribution in [-0.2, 0) is 0 Å². The van der Waals surface area contributed by atoms with Gasteiger partial charge in [0.25, 0.3) is 0 Å². The first-order chi connectivity index (χ1) is 6.06. The van der Waals surface area contributed by atoms with E-state index in [2.05, 4.69) is 20.8 Å². The van der Waals surface area contributed by atoms with E-state index in [4.69, 9.17) is 16.3 Å². The SMILES string of the molecule is COc1cc(C)c(C(C)C)c(Cl)c1. The molecule has 0 saturated heterocycles. The molecular formula is C11H15ClO. The normalized spacial score (nSPS) is 10.6. The highest BCUT2D eigenvalue weighted by molar-refractivity contribution is 6.31. The van der Waals surface area contributed by atoms with Crippen molar-refractivity contribution in [3.63, 3.8) is 0 Å². The molecule has 1 nitrogen and oxygen atoms in total. The molecule has 0 aromatic heterocycles. The standard InChI is InChI=1S/C11H15ClO/c1-7(2)11-8(3)5-9(13-4)6-10(11)12/h5-7H,1-4H3. The second-order valence-corrected chi connectivity index (χ2v) is 3.90. The molecule has 72 valence electrons. The van der Waals surface area contributed by atoms with Gasteiger partial charge in [0.15, 0.2) is 0 Å². The summed E-state index contributed by atoms with van der Waals surface area (Å²) < 4.78 is 5.13. The summed E-state index contributed by atoms with van der Waals surface area (Å²) in [5.41, 5.74) is 2.40. The topological polar surface area (TPSA) is 9.23 Å². The zero-order valence-corrected chi connectivity index (χ0v) is 9.27. The summed E-state index contributed by atoms with van der Waals surface area (Å²) >= 11 is 6.13. The Bertz CT molecular complexity index is 282. The lowest BCUT2D eigenvalue weighted by molar-refractivity contribution is 0.414. The lowest BCUT2D eigenvalue weighted by atomic mass is 9.98. The van der Waals surface area contributed by atoms with E-state index in [0.29, 0.717) is 5.92 Å². The summed E-state index contributed by atoms with van der Waals surface area (Å²) in [6, 6.07) is 3.88. The Morgan fingerprint density at radius 3 is 2.31 bits per heavy atom. The van der Waals surface area contributed by atoms with Gasteiger partial charge in [-0.15, -0.1) is 0 Å². The Labute approximate surface area is 84.7 Å². The second kappa shape index (κ2) is 4.01. The molecule has 0 radical (unpaired) electrons. The van der Waals surface area contributed by atoms with Crippen LogP contribution in [0.1, 0.15) is 30.9 Å². The first kappa shape index (κ1) is 10.4. The quantitative estimate of drug-likeness (QED) is 0.703. The summed E-state index contributed by atoms with van der Waals surface area (Å²) in [6.45, 7) is 6.34. The summed E-state index contributed by atoms with van der Waals surface area (Å²) in [6.07, 6.45) is 0. The summed E-state index contributed by atoms with van der Waals surface area (Å²) in [4.78, 5) is 0.